The molecule has 0 atom stereocenters. The molecule has 0 aromatic heterocycles. The molecule has 0 amide bonds. The molecule has 1 aromatic carbocycles. The van der Waals surface area contributed by atoms with Gasteiger partial charge in [0, 0.05) is 12.8 Å². The van der Waals surface area contributed by atoms with Crippen molar-refractivity contribution in [3.05, 3.63) is 35.9 Å². The molecule has 14 heavy (non-hydrogen) atoms. The molecule has 0 bridgehead atoms. The summed E-state index contributed by atoms with van der Waals surface area (Å²) in [5.41, 5.74) is 5.75. The molecule has 0 unspecified atom stereocenters. The Morgan fingerprint density at radius 2 is 1.79 bits per heavy atom. The molecule has 0 heterocycles. The lowest BCUT2D eigenvalue weighted by molar-refractivity contribution is -0.118. The molecule has 2 N–H and O–H groups in total. The Kier molecular flexibility index (Phi) is 7.75. The highest BCUT2D eigenvalue weighted by Crippen LogP contribution is 2.03. The van der Waals surface area contributed by atoms with Gasteiger partial charge in [-0.1, -0.05) is 37.3 Å². The molecule has 2 heteroatoms. The number of benzene rings is 1. The zero-order valence-electron chi connectivity index (χ0n) is 8.99. The zero-order valence-corrected chi connectivity index (χ0v) is 8.99. The number of rotatable bonds is 4. The summed E-state index contributed by atoms with van der Waals surface area (Å²) in [5.74, 6) is 0.346. The smallest absolute Gasteiger partial charge is 0.132 e. The number of hydrogen-bond acceptors (Lipinski definition) is 2. The lowest BCUT2D eigenvalue weighted by atomic mass is 10.1. The quantitative estimate of drug-likeness (QED) is 0.796. The zero-order chi connectivity index (χ0) is 10.8. The van der Waals surface area contributed by atoms with Crippen LogP contribution >= 0.6 is 0 Å². The number of carbonyl (C=O) groups excluding carboxylic acids is 1. The highest BCUT2D eigenvalue weighted by atomic mass is 16.1. The van der Waals surface area contributed by atoms with E-state index in [1.807, 2.05) is 25.1 Å². The highest BCUT2D eigenvalue weighted by molar-refractivity contribution is 5.78. The van der Waals surface area contributed by atoms with E-state index in [0.717, 1.165) is 6.42 Å². The lowest BCUT2D eigenvalue weighted by Gasteiger charge is -1.98. The third kappa shape index (κ3) is 5.49. The van der Waals surface area contributed by atoms with Gasteiger partial charge in [-0.05, 0) is 19.0 Å². The van der Waals surface area contributed by atoms with E-state index in [4.69, 9.17) is 0 Å². The maximum Gasteiger partial charge on any atom is 0.132 e. The van der Waals surface area contributed by atoms with Crippen LogP contribution in [0.2, 0.25) is 0 Å². The Labute approximate surface area is 86.1 Å². The summed E-state index contributed by atoms with van der Waals surface area (Å²) in [5, 5.41) is 0. The molecule has 0 aliphatic carbocycles. The van der Waals surface area contributed by atoms with Crippen molar-refractivity contribution in [2.75, 3.05) is 7.05 Å². The second-order valence-corrected chi connectivity index (χ2v) is 2.88. The first kappa shape index (κ1) is 12.8. The van der Waals surface area contributed by atoms with Crippen LogP contribution < -0.4 is 5.73 Å². The fourth-order valence-electron chi connectivity index (χ4n) is 1.11. The predicted molar refractivity (Wildman–Crippen MR) is 60.2 cm³/mol. The van der Waals surface area contributed by atoms with Crippen LogP contribution in [0.3, 0.4) is 0 Å². The highest BCUT2D eigenvalue weighted by Gasteiger charge is 1.98. The summed E-state index contributed by atoms with van der Waals surface area (Å²) in [7, 11) is 1.50. The van der Waals surface area contributed by atoms with Gasteiger partial charge < -0.3 is 5.73 Å². The molecule has 78 valence electrons. The first-order chi connectivity index (χ1) is 6.83. The van der Waals surface area contributed by atoms with E-state index in [9.17, 15) is 4.79 Å². The summed E-state index contributed by atoms with van der Waals surface area (Å²) in [6.07, 6.45) is 2.22. The molecule has 1 rings (SSSR count). The van der Waals surface area contributed by atoms with Gasteiger partial charge in [-0.3, -0.25) is 4.79 Å². The van der Waals surface area contributed by atoms with Gasteiger partial charge in [0.2, 0.25) is 0 Å². The minimum atomic E-state index is 0.346. The number of Topliss-reactive ketones (excluding diaryl/α,β-unsaturated/α-hetero) is 1. The van der Waals surface area contributed by atoms with Crippen molar-refractivity contribution in [3.8, 4) is 0 Å². The minimum Gasteiger partial charge on any atom is -0.333 e. The Hall–Kier alpha value is -1.15. The van der Waals surface area contributed by atoms with Crippen molar-refractivity contribution in [1.29, 1.82) is 0 Å². The number of carbonyl (C=O) groups is 1. The average Bonchev–Trinajstić information content (AvgIpc) is 2.30. The first-order valence-corrected chi connectivity index (χ1v) is 4.96. The number of aryl methyl sites for hydroxylation is 1. The molecule has 0 saturated carbocycles. The Morgan fingerprint density at radius 3 is 2.29 bits per heavy atom. The topological polar surface area (TPSA) is 43.1 Å². The van der Waals surface area contributed by atoms with Gasteiger partial charge >= 0.3 is 0 Å². The van der Waals surface area contributed by atoms with Crippen LogP contribution in [-0.4, -0.2) is 12.8 Å². The van der Waals surface area contributed by atoms with Crippen LogP contribution in [0, 0.1) is 0 Å². The molecule has 1 aromatic rings. The molecule has 0 fully saturated rings. The predicted octanol–water partition coefficient (Wildman–Crippen LogP) is 2.17. The Balaban J connectivity index is 0.000000791. The molecule has 0 aliphatic heterocycles. The van der Waals surface area contributed by atoms with Gasteiger partial charge in [-0.2, -0.15) is 0 Å². The van der Waals surface area contributed by atoms with E-state index < -0.39 is 0 Å². The van der Waals surface area contributed by atoms with E-state index >= 15 is 0 Å². The molecule has 0 saturated heterocycles. The number of hydrogen-bond donors (Lipinski definition) is 1. The number of nitrogens with two attached hydrogens (primary N) is 1. The van der Waals surface area contributed by atoms with E-state index in [2.05, 4.69) is 17.9 Å². The summed E-state index contributed by atoms with van der Waals surface area (Å²) in [6, 6.07) is 10.1. The fourth-order valence-corrected chi connectivity index (χ4v) is 1.11. The Bertz CT molecular complexity index is 244. The van der Waals surface area contributed by atoms with Gasteiger partial charge in [-0.15, -0.1) is 0 Å². The van der Waals surface area contributed by atoms with E-state index in [0.29, 0.717) is 18.6 Å². The minimum absolute atomic E-state index is 0.346. The van der Waals surface area contributed by atoms with Crippen molar-refractivity contribution in [1.82, 2.24) is 0 Å². The molecule has 0 spiro atoms. The van der Waals surface area contributed by atoms with Crippen LogP contribution in [0.5, 0.6) is 0 Å². The van der Waals surface area contributed by atoms with Gasteiger partial charge in [0.15, 0.2) is 0 Å². The summed E-state index contributed by atoms with van der Waals surface area (Å²) in [4.78, 5) is 11.0. The van der Waals surface area contributed by atoms with E-state index in [-0.39, 0.29) is 0 Å². The molecule has 0 aliphatic rings. The molecular weight excluding hydrogens is 174 g/mol. The van der Waals surface area contributed by atoms with Crippen LogP contribution in [0.4, 0.5) is 0 Å². The summed E-state index contributed by atoms with van der Waals surface area (Å²) >= 11 is 0. The maximum atomic E-state index is 11.0. The number of ketones is 1. The van der Waals surface area contributed by atoms with Gasteiger partial charge in [0.25, 0.3) is 0 Å². The average molecular weight is 193 g/mol. The fraction of sp³-hybridized carbons (Fsp3) is 0.417. The summed E-state index contributed by atoms with van der Waals surface area (Å²) < 4.78 is 0. The van der Waals surface area contributed by atoms with Crippen molar-refractivity contribution < 1.29 is 4.79 Å². The van der Waals surface area contributed by atoms with E-state index in [1.165, 1.54) is 12.6 Å². The Morgan fingerprint density at radius 1 is 1.21 bits per heavy atom. The van der Waals surface area contributed by atoms with Crippen molar-refractivity contribution >= 4 is 5.78 Å². The van der Waals surface area contributed by atoms with Crippen LogP contribution in [0.25, 0.3) is 0 Å². The van der Waals surface area contributed by atoms with Crippen LogP contribution in [-0.2, 0) is 11.2 Å². The third-order valence-electron chi connectivity index (χ3n) is 1.93. The molecule has 2 nitrogen and oxygen atoms in total. The second-order valence-electron chi connectivity index (χ2n) is 2.88. The first-order valence-electron chi connectivity index (χ1n) is 4.96. The second kappa shape index (κ2) is 8.45. The monoisotopic (exact) mass is 193 g/mol. The molecular formula is C12H19NO. The van der Waals surface area contributed by atoms with E-state index in [1.54, 1.807) is 0 Å². The maximum absolute atomic E-state index is 11.0. The van der Waals surface area contributed by atoms with Crippen LogP contribution in [0.1, 0.15) is 25.3 Å². The normalized spacial score (nSPS) is 8.79. The van der Waals surface area contributed by atoms with Gasteiger partial charge in [-0.25, -0.2) is 0 Å². The van der Waals surface area contributed by atoms with Crippen LogP contribution in [0.15, 0.2) is 30.3 Å². The lowest BCUT2D eigenvalue weighted by Crippen LogP contribution is -1.97. The van der Waals surface area contributed by atoms with Crippen molar-refractivity contribution in [2.45, 2.75) is 26.2 Å². The van der Waals surface area contributed by atoms with Crippen molar-refractivity contribution in [2.24, 2.45) is 5.73 Å². The van der Waals surface area contributed by atoms with Crippen molar-refractivity contribution in [3.63, 3.8) is 0 Å². The largest absolute Gasteiger partial charge is 0.333 e. The summed E-state index contributed by atoms with van der Waals surface area (Å²) in [6.45, 7) is 1.91. The molecule has 0 radical (unpaired) electrons. The third-order valence-corrected chi connectivity index (χ3v) is 1.93. The SMILES string of the molecule is CCC(=O)CCc1ccccc1.CN. The van der Waals surface area contributed by atoms with Gasteiger partial charge in [0.1, 0.15) is 5.78 Å². The standard InChI is InChI=1S/C11H14O.CH5N/c1-2-11(12)9-8-10-6-4-3-5-7-10;1-2/h3-7H,2,8-9H2,1H3;2H2,1H3. The van der Waals surface area contributed by atoms with Gasteiger partial charge in [0.05, 0.1) is 0 Å².